The molecular weight excluding hydrogens is 284 g/mol. The Morgan fingerprint density at radius 3 is 2.24 bits per heavy atom. The molecule has 0 spiro atoms. The molecule has 0 unspecified atom stereocenters. The summed E-state index contributed by atoms with van der Waals surface area (Å²) >= 11 is 17.7. The van der Waals surface area contributed by atoms with E-state index >= 15 is 0 Å². The maximum atomic E-state index is 9.66. The number of halogens is 3. The molecule has 96 valence electrons. The summed E-state index contributed by atoms with van der Waals surface area (Å²) in [5, 5.41) is 10.8. The minimum Gasteiger partial charge on any atom is -0.488 e. The summed E-state index contributed by atoms with van der Waals surface area (Å²) < 4.78 is 5.40. The number of hydrogen-bond acceptors (Lipinski definition) is 2. The molecule has 1 rings (SSSR count). The van der Waals surface area contributed by atoms with Gasteiger partial charge in [0.15, 0.2) is 5.75 Å². The summed E-state index contributed by atoms with van der Waals surface area (Å²) in [5.74, 6) is 0.352. The largest absolute Gasteiger partial charge is 0.488 e. The van der Waals surface area contributed by atoms with Crippen molar-refractivity contribution in [2.75, 3.05) is 27.2 Å². The van der Waals surface area contributed by atoms with Crippen molar-refractivity contribution in [1.82, 2.24) is 0 Å². The fourth-order valence-corrected chi connectivity index (χ4v) is 2.30. The molecule has 1 atom stereocenters. The molecular formula is C11H15Cl3NO2+. The predicted octanol–water partition coefficient (Wildman–Crippen LogP) is 1.53. The smallest absolute Gasteiger partial charge is 0.156 e. The Balaban J connectivity index is 2.63. The highest BCUT2D eigenvalue weighted by molar-refractivity contribution is 6.40. The molecule has 1 aromatic carbocycles. The van der Waals surface area contributed by atoms with Gasteiger partial charge in [0, 0.05) is 5.02 Å². The van der Waals surface area contributed by atoms with Gasteiger partial charge in [0.05, 0.1) is 24.1 Å². The molecule has 0 radical (unpaired) electrons. The SMILES string of the molecule is C[NH+](C)C[C@@H](O)COc1c(Cl)cc(Cl)cc1Cl. The average molecular weight is 300 g/mol. The molecule has 6 heteroatoms. The van der Waals surface area contributed by atoms with Crippen LogP contribution in [-0.2, 0) is 0 Å². The molecule has 0 heterocycles. The quantitative estimate of drug-likeness (QED) is 0.865. The fraction of sp³-hybridized carbons (Fsp3) is 0.455. The standard InChI is InChI=1S/C11H14Cl3NO2/c1-15(2)5-8(16)6-17-11-9(13)3-7(12)4-10(11)14/h3-4,8,16H,5-6H2,1-2H3/p+1/t8-/m1/s1. The van der Waals surface area contributed by atoms with Gasteiger partial charge < -0.3 is 14.7 Å². The van der Waals surface area contributed by atoms with E-state index in [9.17, 15) is 5.11 Å². The lowest BCUT2D eigenvalue weighted by atomic mass is 10.3. The molecule has 0 bridgehead atoms. The van der Waals surface area contributed by atoms with Crippen molar-refractivity contribution in [1.29, 1.82) is 0 Å². The van der Waals surface area contributed by atoms with Crippen LogP contribution in [0.15, 0.2) is 12.1 Å². The second kappa shape index (κ2) is 6.66. The molecule has 0 saturated carbocycles. The Hall–Kier alpha value is -0.190. The number of likely N-dealkylation sites (N-methyl/N-ethyl adjacent to an activating group) is 1. The minimum atomic E-state index is -0.567. The topological polar surface area (TPSA) is 33.9 Å². The molecule has 0 aliphatic heterocycles. The fourth-order valence-electron chi connectivity index (χ4n) is 1.38. The number of aliphatic hydroxyl groups is 1. The first kappa shape index (κ1) is 14.9. The number of nitrogens with one attached hydrogen (secondary N) is 1. The first-order valence-electron chi connectivity index (χ1n) is 5.14. The van der Waals surface area contributed by atoms with Crippen molar-refractivity contribution in [2.45, 2.75) is 6.10 Å². The molecule has 1 aromatic rings. The van der Waals surface area contributed by atoms with E-state index in [-0.39, 0.29) is 6.61 Å². The first-order chi connectivity index (χ1) is 7.90. The summed E-state index contributed by atoms with van der Waals surface area (Å²) in [6, 6.07) is 3.10. The number of aliphatic hydroxyl groups excluding tert-OH is 1. The lowest BCUT2D eigenvalue weighted by Gasteiger charge is -2.16. The van der Waals surface area contributed by atoms with Crippen molar-refractivity contribution in [3.63, 3.8) is 0 Å². The molecule has 0 amide bonds. The van der Waals surface area contributed by atoms with E-state index in [0.29, 0.717) is 27.4 Å². The van der Waals surface area contributed by atoms with Crippen molar-refractivity contribution < 1.29 is 14.7 Å². The van der Waals surface area contributed by atoms with Gasteiger partial charge in [0.1, 0.15) is 19.3 Å². The van der Waals surface area contributed by atoms with Crippen LogP contribution in [0.3, 0.4) is 0 Å². The van der Waals surface area contributed by atoms with Gasteiger partial charge in [-0.3, -0.25) is 0 Å². The second-order valence-corrected chi connectivity index (χ2v) is 5.33. The van der Waals surface area contributed by atoms with Gasteiger partial charge >= 0.3 is 0 Å². The maximum absolute atomic E-state index is 9.66. The van der Waals surface area contributed by atoms with E-state index in [4.69, 9.17) is 39.5 Å². The summed E-state index contributed by atoms with van der Waals surface area (Å²) in [4.78, 5) is 1.13. The number of quaternary nitrogens is 1. The monoisotopic (exact) mass is 298 g/mol. The Morgan fingerprint density at radius 1 is 1.24 bits per heavy atom. The molecule has 0 aliphatic carbocycles. The van der Waals surface area contributed by atoms with Crippen molar-refractivity contribution in [3.05, 3.63) is 27.2 Å². The van der Waals surface area contributed by atoms with Gasteiger partial charge in [-0.15, -0.1) is 0 Å². The van der Waals surface area contributed by atoms with Crippen LogP contribution in [-0.4, -0.2) is 38.5 Å². The summed E-state index contributed by atoms with van der Waals surface area (Å²) in [7, 11) is 3.90. The maximum Gasteiger partial charge on any atom is 0.156 e. The molecule has 2 N–H and O–H groups in total. The highest BCUT2D eigenvalue weighted by atomic mass is 35.5. The van der Waals surface area contributed by atoms with Crippen LogP contribution in [0, 0.1) is 0 Å². The van der Waals surface area contributed by atoms with Gasteiger partial charge in [-0.25, -0.2) is 0 Å². The van der Waals surface area contributed by atoms with E-state index in [0.717, 1.165) is 4.90 Å². The van der Waals surface area contributed by atoms with Crippen molar-refractivity contribution in [3.8, 4) is 5.75 Å². The average Bonchev–Trinajstić information content (AvgIpc) is 2.14. The van der Waals surface area contributed by atoms with Crippen LogP contribution in [0.2, 0.25) is 15.1 Å². The van der Waals surface area contributed by atoms with Crippen LogP contribution < -0.4 is 9.64 Å². The Morgan fingerprint density at radius 2 is 1.76 bits per heavy atom. The van der Waals surface area contributed by atoms with E-state index in [2.05, 4.69) is 0 Å². The van der Waals surface area contributed by atoms with E-state index < -0.39 is 6.10 Å². The highest BCUT2D eigenvalue weighted by Crippen LogP contribution is 2.35. The first-order valence-corrected chi connectivity index (χ1v) is 6.28. The third kappa shape index (κ3) is 4.90. The summed E-state index contributed by atoms with van der Waals surface area (Å²) in [6.45, 7) is 0.731. The molecule has 0 saturated heterocycles. The second-order valence-electron chi connectivity index (χ2n) is 4.07. The zero-order valence-corrected chi connectivity index (χ0v) is 11.9. The third-order valence-electron chi connectivity index (χ3n) is 2.03. The van der Waals surface area contributed by atoms with Crippen LogP contribution in [0.4, 0.5) is 0 Å². The lowest BCUT2D eigenvalue weighted by Crippen LogP contribution is -3.07. The normalized spacial score (nSPS) is 12.9. The van der Waals surface area contributed by atoms with E-state index in [1.807, 2.05) is 14.1 Å². The number of ether oxygens (including phenoxy) is 1. The van der Waals surface area contributed by atoms with E-state index in [1.54, 1.807) is 12.1 Å². The van der Waals surface area contributed by atoms with Gasteiger partial charge in [0.2, 0.25) is 0 Å². The predicted molar refractivity (Wildman–Crippen MR) is 70.7 cm³/mol. The Bertz CT molecular complexity index is 362. The number of benzene rings is 1. The Labute approximate surface area is 116 Å². The van der Waals surface area contributed by atoms with Crippen molar-refractivity contribution >= 4 is 34.8 Å². The zero-order chi connectivity index (χ0) is 13.0. The highest BCUT2D eigenvalue weighted by Gasteiger charge is 2.13. The molecule has 0 aromatic heterocycles. The molecule has 17 heavy (non-hydrogen) atoms. The van der Waals surface area contributed by atoms with Crippen LogP contribution >= 0.6 is 34.8 Å². The Kier molecular flexibility index (Phi) is 5.83. The van der Waals surface area contributed by atoms with Gasteiger partial charge in [0.25, 0.3) is 0 Å². The zero-order valence-electron chi connectivity index (χ0n) is 9.64. The number of rotatable bonds is 5. The summed E-state index contributed by atoms with van der Waals surface area (Å²) in [6.07, 6.45) is -0.567. The van der Waals surface area contributed by atoms with Crippen LogP contribution in [0.25, 0.3) is 0 Å². The van der Waals surface area contributed by atoms with Gasteiger partial charge in [-0.05, 0) is 12.1 Å². The van der Waals surface area contributed by atoms with Crippen LogP contribution in [0.1, 0.15) is 0 Å². The summed E-state index contributed by atoms with van der Waals surface area (Å²) in [5.41, 5.74) is 0. The minimum absolute atomic E-state index is 0.145. The van der Waals surface area contributed by atoms with Crippen LogP contribution in [0.5, 0.6) is 5.75 Å². The molecule has 3 nitrogen and oxygen atoms in total. The molecule has 0 fully saturated rings. The molecule has 0 aliphatic rings. The lowest BCUT2D eigenvalue weighted by molar-refractivity contribution is -0.861. The number of hydrogen-bond donors (Lipinski definition) is 2. The van der Waals surface area contributed by atoms with E-state index in [1.165, 1.54) is 0 Å². The van der Waals surface area contributed by atoms with Gasteiger partial charge in [-0.1, -0.05) is 34.8 Å². The van der Waals surface area contributed by atoms with Crippen molar-refractivity contribution in [2.24, 2.45) is 0 Å². The van der Waals surface area contributed by atoms with Gasteiger partial charge in [-0.2, -0.15) is 0 Å². The third-order valence-corrected chi connectivity index (χ3v) is 2.81.